The van der Waals surface area contributed by atoms with Crippen molar-refractivity contribution in [3.63, 3.8) is 0 Å². The Morgan fingerprint density at radius 2 is 2.10 bits per heavy atom. The lowest BCUT2D eigenvalue weighted by molar-refractivity contribution is 0.0281. The minimum absolute atomic E-state index is 0.0818. The van der Waals surface area contributed by atoms with E-state index < -0.39 is 0 Å². The maximum absolute atomic E-state index is 5.82. The molecule has 0 heterocycles. The molecule has 114 valence electrons. The van der Waals surface area contributed by atoms with Crippen molar-refractivity contribution in [1.82, 2.24) is 5.43 Å². The molecule has 1 aromatic carbocycles. The molecule has 1 rings (SSSR count). The van der Waals surface area contributed by atoms with Crippen LogP contribution in [0.3, 0.4) is 0 Å². The van der Waals surface area contributed by atoms with Gasteiger partial charge < -0.3 is 9.47 Å². The van der Waals surface area contributed by atoms with E-state index in [1.165, 1.54) is 0 Å². The Kier molecular flexibility index (Phi) is 8.14. The van der Waals surface area contributed by atoms with E-state index in [-0.39, 0.29) is 12.1 Å². The summed E-state index contributed by atoms with van der Waals surface area (Å²) in [7, 11) is 1.67. The highest BCUT2D eigenvalue weighted by Gasteiger charge is 2.21. The van der Waals surface area contributed by atoms with Crippen molar-refractivity contribution >= 4 is 15.9 Å². The topological polar surface area (TPSA) is 56.5 Å². The summed E-state index contributed by atoms with van der Waals surface area (Å²) in [6, 6.07) is 6.05. The van der Waals surface area contributed by atoms with Gasteiger partial charge in [-0.2, -0.15) is 0 Å². The highest BCUT2D eigenvalue weighted by Crippen LogP contribution is 2.25. The van der Waals surface area contributed by atoms with Gasteiger partial charge >= 0.3 is 0 Å². The molecule has 0 aromatic heterocycles. The summed E-state index contributed by atoms with van der Waals surface area (Å²) in [4.78, 5) is 0. The molecule has 0 aliphatic heterocycles. The fourth-order valence-corrected chi connectivity index (χ4v) is 2.68. The van der Waals surface area contributed by atoms with Crippen molar-refractivity contribution in [3.05, 3.63) is 28.2 Å². The number of halogens is 1. The zero-order chi connectivity index (χ0) is 15.0. The molecule has 0 radical (unpaired) electrons. The van der Waals surface area contributed by atoms with Gasteiger partial charge in [0.05, 0.1) is 19.3 Å². The van der Waals surface area contributed by atoms with Gasteiger partial charge in [-0.25, -0.2) is 0 Å². The number of benzene rings is 1. The van der Waals surface area contributed by atoms with Gasteiger partial charge in [-0.1, -0.05) is 29.3 Å². The highest BCUT2D eigenvalue weighted by molar-refractivity contribution is 9.10. The summed E-state index contributed by atoms with van der Waals surface area (Å²) in [6.45, 7) is 4.86. The second-order valence-electron chi connectivity index (χ2n) is 4.72. The quantitative estimate of drug-likeness (QED) is 0.534. The van der Waals surface area contributed by atoms with Gasteiger partial charge in [0.25, 0.3) is 0 Å². The third-order valence-electron chi connectivity index (χ3n) is 3.31. The number of ether oxygens (including phenoxy) is 2. The van der Waals surface area contributed by atoms with Gasteiger partial charge in [0.15, 0.2) is 0 Å². The number of rotatable bonds is 9. The minimum atomic E-state index is 0.0818. The normalized spacial score (nSPS) is 14.1. The molecule has 0 amide bonds. The first-order valence-corrected chi connectivity index (χ1v) is 7.85. The van der Waals surface area contributed by atoms with E-state index in [1.54, 1.807) is 7.11 Å². The van der Waals surface area contributed by atoms with E-state index in [4.69, 9.17) is 15.3 Å². The van der Waals surface area contributed by atoms with Crippen molar-refractivity contribution in [1.29, 1.82) is 0 Å². The molecule has 0 saturated carbocycles. The number of hydrogen-bond acceptors (Lipinski definition) is 4. The third-order valence-corrected chi connectivity index (χ3v) is 4.08. The maximum atomic E-state index is 5.82. The molecule has 2 unspecified atom stereocenters. The van der Waals surface area contributed by atoms with Crippen LogP contribution in [0, 0.1) is 0 Å². The first-order chi connectivity index (χ1) is 9.65. The van der Waals surface area contributed by atoms with E-state index in [0.717, 1.165) is 35.0 Å². The van der Waals surface area contributed by atoms with E-state index >= 15 is 0 Å². The number of hydrazine groups is 1. The molecule has 0 aliphatic carbocycles. The molecule has 3 N–H and O–H groups in total. The van der Waals surface area contributed by atoms with Gasteiger partial charge in [-0.3, -0.25) is 11.3 Å². The Balaban J connectivity index is 2.85. The van der Waals surface area contributed by atoms with Gasteiger partial charge in [0, 0.05) is 11.1 Å². The lowest BCUT2D eigenvalue weighted by Crippen LogP contribution is -2.46. The van der Waals surface area contributed by atoms with Crippen LogP contribution in [0.15, 0.2) is 22.7 Å². The summed E-state index contributed by atoms with van der Waals surface area (Å²) in [5, 5.41) is 0. The fourth-order valence-electron chi connectivity index (χ4n) is 2.27. The summed E-state index contributed by atoms with van der Waals surface area (Å²) in [6.07, 6.45) is 2.97. The molecular weight excluding hydrogens is 320 g/mol. The average Bonchev–Trinajstić information content (AvgIpc) is 2.46. The number of hydrogen-bond donors (Lipinski definition) is 2. The van der Waals surface area contributed by atoms with Gasteiger partial charge in [0.1, 0.15) is 5.75 Å². The fraction of sp³-hybridized carbons (Fsp3) is 0.600. The van der Waals surface area contributed by atoms with Crippen molar-refractivity contribution < 1.29 is 9.47 Å². The summed E-state index contributed by atoms with van der Waals surface area (Å²) in [5.74, 6) is 6.58. The Labute approximate surface area is 130 Å². The van der Waals surface area contributed by atoms with Crippen LogP contribution in [0.1, 0.15) is 32.3 Å². The molecule has 4 nitrogen and oxygen atoms in total. The predicted octanol–water partition coefficient (Wildman–Crippen LogP) is 3.04. The number of methoxy groups -OCH3 is 1. The second-order valence-corrected chi connectivity index (χ2v) is 5.57. The summed E-state index contributed by atoms with van der Waals surface area (Å²) in [5.41, 5.74) is 4.06. The molecular formula is C15H25BrN2O2. The zero-order valence-electron chi connectivity index (χ0n) is 12.5. The van der Waals surface area contributed by atoms with Crippen LogP contribution >= 0.6 is 15.9 Å². The largest absolute Gasteiger partial charge is 0.497 e. The number of nitrogens with one attached hydrogen (secondary N) is 1. The molecule has 0 saturated heterocycles. The van der Waals surface area contributed by atoms with Crippen molar-refractivity contribution in [2.24, 2.45) is 5.84 Å². The minimum Gasteiger partial charge on any atom is -0.497 e. The van der Waals surface area contributed by atoms with Gasteiger partial charge in [0.2, 0.25) is 0 Å². The molecule has 1 aromatic rings. The van der Waals surface area contributed by atoms with Crippen molar-refractivity contribution in [2.45, 2.75) is 45.3 Å². The van der Waals surface area contributed by atoms with E-state index in [2.05, 4.69) is 28.3 Å². The third kappa shape index (κ3) is 5.05. The average molecular weight is 345 g/mol. The van der Waals surface area contributed by atoms with Crippen LogP contribution in [-0.4, -0.2) is 25.9 Å². The molecule has 5 heteroatoms. The second kappa shape index (κ2) is 9.34. The Morgan fingerprint density at radius 3 is 2.65 bits per heavy atom. The van der Waals surface area contributed by atoms with Crippen LogP contribution in [0.4, 0.5) is 0 Å². The van der Waals surface area contributed by atoms with E-state index in [0.29, 0.717) is 6.61 Å². The SMILES string of the molecule is CCCC(OCC)C(Cc1cc(OC)ccc1Br)NN. The molecule has 2 atom stereocenters. The first kappa shape index (κ1) is 17.4. The predicted molar refractivity (Wildman–Crippen MR) is 85.8 cm³/mol. The Morgan fingerprint density at radius 1 is 1.35 bits per heavy atom. The van der Waals surface area contributed by atoms with E-state index in [9.17, 15) is 0 Å². The Hall–Kier alpha value is -0.620. The Bertz CT molecular complexity index is 395. The summed E-state index contributed by atoms with van der Waals surface area (Å²) >= 11 is 3.58. The molecule has 0 spiro atoms. The molecule has 0 fully saturated rings. The summed E-state index contributed by atoms with van der Waals surface area (Å²) < 4.78 is 12.2. The monoisotopic (exact) mass is 344 g/mol. The highest BCUT2D eigenvalue weighted by atomic mass is 79.9. The number of nitrogens with two attached hydrogens (primary N) is 1. The van der Waals surface area contributed by atoms with Gasteiger partial charge in [-0.05, 0) is 43.5 Å². The molecule has 0 bridgehead atoms. The lowest BCUT2D eigenvalue weighted by Gasteiger charge is -2.26. The van der Waals surface area contributed by atoms with Gasteiger partial charge in [-0.15, -0.1) is 0 Å². The lowest BCUT2D eigenvalue weighted by atomic mass is 9.98. The van der Waals surface area contributed by atoms with Crippen LogP contribution in [0.2, 0.25) is 0 Å². The van der Waals surface area contributed by atoms with Crippen molar-refractivity contribution in [3.8, 4) is 5.75 Å². The van der Waals surface area contributed by atoms with Crippen LogP contribution in [-0.2, 0) is 11.2 Å². The van der Waals surface area contributed by atoms with E-state index in [1.807, 2.05) is 25.1 Å². The maximum Gasteiger partial charge on any atom is 0.119 e. The van der Waals surface area contributed by atoms with Crippen LogP contribution in [0.5, 0.6) is 5.75 Å². The standard InChI is InChI=1S/C15H25BrN2O2/c1-4-6-15(20-5-2)14(18-17)10-11-9-12(19-3)7-8-13(11)16/h7-9,14-15,18H,4-6,10,17H2,1-3H3. The van der Waals surface area contributed by atoms with Crippen LogP contribution < -0.4 is 16.0 Å². The molecule has 0 aliphatic rings. The molecule has 20 heavy (non-hydrogen) atoms. The van der Waals surface area contributed by atoms with Crippen LogP contribution in [0.25, 0.3) is 0 Å². The smallest absolute Gasteiger partial charge is 0.119 e. The van der Waals surface area contributed by atoms with Crippen molar-refractivity contribution in [2.75, 3.05) is 13.7 Å². The first-order valence-electron chi connectivity index (χ1n) is 7.06. The zero-order valence-corrected chi connectivity index (χ0v) is 14.1.